The molecule has 1 amide bonds. The normalized spacial score (nSPS) is 17.9. The minimum absolute atomic E-state index is 0.0711. The minimum atomic E-state index is -0.954. The molecule has 1 aliphatic rings. The van der Waals surface area contributed by atoms with Crippen LogP contribution in [-0.4, -0.2) is 29.9 Å². The third-order valence-corrected chi connectivity index (χ3v) is 4.87. The lowest BCUT2D eigenvalue weighted by atomic mass is 9.99. The molecule has 0 radical (unpaired) electrons. The zero-order valence-electron chi connectivity index (χ0n) is 15.9. The Morgan fingerprint density at radius 1 is 0.967 bits per heavy atom. The van der Waals surface area contributed by atoms with Gasteiger partial charge in [-0.05, 0) is 36.4 Å². The van der Waals surface area contributed by atoms with Crippen molar-refractivity contribution in [2.24, 2.45) is 0 Å². The van der Waals surface area contributed by atoms with Crippen LogP contribution in [0.15, 0.2) is 83.0 Å². The lowest BCUT2D eigenvalue weighted by molar-refractivity contribution is -0.132. The second-order valence-corrected chi connectivity index (χ2v) is 6.59. The van der Waals surface area contributed by atoms with Crippen LogP contribution >= 0.6 is 0 Å². The standard InChI is InChI=1S/C23H17NO6/c1-29-23(28)15-9-11-16(12-10-15)24-19(17-8-5-13-30-17)18(21(26)22(24)27)20(25)14-6-3-2-4-7-14/h2-13,19,25H,1H3/b20-18-. The molecule has 0 bridgehead atoms. The van der Waals surface area contributed by atoms with Crippen molar-refractivity contribution in [2.45, 2.75) is 6.04 Å². The molecule has 150 valence electrons. The summed E-state index contributed by atoms with van der Waals surface area (Å²) in [4.78, 5) is 38.8. The number of furan rings is 1. The first-order valence-corrected chi connectivity index (χ1v) is 9.11. The summed E-state index contributed by atoms with van der Waals surface area (Å²) in [6.07, 6.45) is 1.43. The van der Waals surface area contributed by atoms with Crippen molar-refractivity contribution in [3.8, 4) is 0 Å². The van der Waals surface area contributed by atoms with Crippen LogP contribution in [0.25, 0.3) is 5.76 Å². The summed E-state index contributed by atoms with van der Waals surface area (Å²) in [5.74, 6) is -2.11. The molecule has 7 nitrogen and oxygen atoms in total. The number of hydrogen-bond donors (Lipinski definition) is 1. The minimum Gasteiger partial charge on any atom is -0.507 e. The van der Waals surface area contributed by atoms with Crippen LogP contribution in [-0.2, 0) is 14.3 Å². The number of esters is 1. The van der Waals surface area contributed by atoms with Crippen molar-refractivity contribution in [2.75, 3.05) is 12.0 Å². The van der Waals surface area contributed by atoms with E-state index in [2.05, 4.69) is 4.74 Å². The fourth-order valence-electron chi connectivity index (χ4n) is 3.44. The van der Waals surface area contributed by atoms with Gasteiger partial charge in [0.15, 0.2) is 0 Å². The Bertz CT molecular complexity index is 1130. The smallest absolute Gasteiger partial charge is 0.337 e. The van der Waals surface area contributed by atoms with Crippen LogP contribution in [0.3, 0.4) is 0 Å². The monoisotopic (exact) mass is 403 g/mol. The van der Waals surface area contributed by atoms with E-state index in [-0.39, 0.29) is 11.3 Å². The maximum absolute atomic E-state index is 12.9. The molecule has 30 heavy (non-hydrogen) atoms. The van der Waals surface area contributed by atoms with E-state index in [1.807, 2.05) is 0 Å². The molecule has 1 aliphatic heterocycles. The number of Topliss-reactive ketones (excluding diaryl/α,β-unsaturated/α-hetero) is 1. The lowest BCUT2D eigenvalue weighted by Crippen LogP contribution is -2.29. The molecule has 1 fully saturated rings. The van der Waals surface area contributed by atoms with Crippen molar-refractivity contribution in [1.29, 1.82) is 0 Å². The molecule has 0 spiro atoms. The summed E-state index contributed by atoms with van der Waals surface area (Å²) < 4.78 is 10.2. The number of aliphatic hydroxyl groups excluding tert-OH is 1. The van der Waals surface area contributed by atoms with E-state index in [4.69, 9.17) is 4.42 Å². The van der Waals surface area contributed by atoms with Gasteiger partial charge < -0.3 is 14.3 Å². The van der Waals surface area contributed by atoms with Crippen molar-refractivity contribution in [1.82, 2.24) is 0 Å². The first-order valence-electron chi connectivity index (χ1n) is 9.11. The van der Waals surface area contributed by atoms with Crippen LogP contribution in [0.4, 0.5) is 5.69 Å². The summed E-state index contributed by atoms with van der Waals surface area (Å²) in [7, 11) is 1.27. The Kier molecular flexibility index (Phi) is 4.93. The van der Waals surface area contributed by atoms with Gasteiger partial charge in [-0.25, -0.2) is 4.79 Å². The molecule has 1 aromatic heterocycles. The van der Waals surface area contributed by atoms with Gasteiger partial charge in [-0.1, -0.05) is 30.3 Å². The van der Waals surface area contributed by atoms with E-state index in [9.17, 15) is 19.5 Å². The maximum atomic E-state index is 12.9. The number of rotatable bonds is 4. The molecule has 4 rings (SSSR count). The van der Waals surface area contributed by atoms with Gasteiger partial charge in [0.2, 0.25) is 0 Å². The molecular formula is C23H17NO6. The van der Waals surface area contributed by atoms with Gasteiger partial charge in [0.1, 0.15) is 17.6 Å². The quantitative estimate of drug-likeness (QED) is 0.309. The topological polar surface area (TPSA) is 97.0 Å². The Morgan fingerprint density at radius 3 is 2.27 bits per heavy atom. The first kappa shape index (κ1) is 19.2. The lowest BCUT2D eigenvalue weighted by Gasteiger charge is -2.23. The summed E-state index contributed by atoms with van der Waals surface area (Å²) in [6, 6.07) is 16.9. The van der Waals surface area contributed by atoms with Crippen molar-refractivity contribution >= 4 is 29.1 Å². The van der Waals surface area contributed by atoms with Crippen molar-refractivity contribution in [3.63, 3.8) is 0 Å². The Hall–Kier alpha value is -4.13. The number of benzene rings is 2. The molecule has 1 unspecified atom stereocenters. The number of hydrogen-bond acceptors (Lipinski definition) is 6. The molecule has 0 aliphatic carbocycles. The predicted octanol–water partition coefficient (Wildman–Crippen LogP) is 3.69. The van der Waals surface area contributed by atoms with Crippen LogP contribution in [0, 0.1) is 0 Å². The third-order valence-electron chi connectivity index (χ3n) is 4.87. The highest BCUT2D eigenvalue weighted by molar-refractivity contribution is 6.51. The number of nitrogens with zero attached hydrogens (tertiary/aromatic N) is 1. The number of aliphatic hydroxyl groups is 1. The van der Waals surface area contributed by atoms with Gasteiger partial charge in [-0.3, -0.25) is 14.5 Å². The van der Waals surface area contributed by atoms with Gasteiger partial charge in [0.25, 0.3) is 11.7 Å². The van der Waals surface area contributed by atoms with E-state index in [0.717, 1.165) is 0 Å². The number of amides is 1. The molecule has 1 N–H and O–H groups in total. The highest BCUT2D eigenvalue weighted by Crippen LogP contribution is 2.42. The van der Waals surface area contributed by atoms with Crippen molar-refractivity contribution in [3.05, 3.63) is 95.5 Å². The number of methoxy groups -OCH3 is 1. The summed E-state index contributed by atoms with van der Waals surface area (Å²) in [5, 5.41) is 10.9. The zero-order chi connectivity index (χ0) is 21.3. The number of ketones is 1. The maximum Gasteiger partial charge on any atom is 0.337 e. The largest absolute Gasteiger partial charge is 0.507 e. The van der Waals surface area contributed by atoms with Gasteiger partial charge >= 0.3 is 5.97 Å². The fourth-order valence-corrected chi connectivity index (χ4v) is 3.44. The molecule has 2 aromatic carbocycles. The highest BCUT2D eigenvalue weighted by atomic mass is 16.5. The molecular weight excluding hydrogens is 386 g/mol. The second kappa shape index (κ2) is 7.71. The average molecular weight is 403 g/mol. The van der Waals surface area contributed by atoms with Crippen LogP contribution in [0.5, 0.6) is 0 Å². The molecule has 0 saturated carbocycles. The summed E-state index contributed by atoms with van der Waals surface area (Å²) in [5.41, 5.74) is 1.02. The predicted molar refractivity (Wildman–Crippen MR) is 108 cm³/mol. The fraction of sp³-hybridized carbons (Fsp3) is 0.0870. The summed E-state index contributed by atoms with van der Waals surface area (Å²) >= 11 is 0. The van der Waals surface area contributed by atoms with Crippen LogP contribution < -0.4 is 4.90 Å². The van der Waals surface area contributed by atoms with Gasteiger partial charge in [-0.2, -0.15) is 0 Å². The van der Waals surface area contributed by atoms with Crippen LogP contribution in [0.1, 0.15) is 27.7 Å². The van der Waals surface area contributed by atoms with Crippen LogP contribution in [0.2, 0.25) is 0 Å². The molecule has 7 heteroatoms. The number of carbonyl (C=O) groups is 3. The molecule has 2 heterocycles. The highest BCUT2D eigenvalue weighted by Gasteiger charge is 2.48. The van der Waals surface area contributed by atoms with E-state index >= 15 is 0 Å². The third kappa shape index (κ3) is 3.16. The van der Waals surface area contributed by atoms with E-state index in [1.165, 1.54) is 42.5 Å². The van der Waals surface area contributed by atoms with Gasteiger partial charge in [0, 0.05) is 11.3 Å². The first-order chi connectivity index (χ1) is 14.5. The zero-order valence-corrected chi connectivity index (χ0v) is 15.9. The number of ether oxygens (including phenoxy) is 1. The van der Waals surface area contributed by atoms with Crippen molar-refractivity contribution < 1.29 is 28.6 Å². The average Bonchev–Trinajstić information content (AvgIpc) is 3.40. The van der Waals surface area contributed by atoms with E-state index in [0.29, 0.717) is 22.6 Å². The Labute approximate surface area is 171 Å². The molecule has 1 saturated heterocycles. The number of anilines is 1. The van der Waals surface area contributed by atoms with Gasteiger partial charge in [0.05, 0.1) is 24.5 Å². The van der Waals surface area contributed by atoms with Gasteiger partial charge in [-0.15, -0.1) is 0 Å². The summed E-state index contributed by atoms with van der Waals surface area (Å²) in [6.45, 7) is 0. The molecule has 1 atom stereocenters. The molecule has 3 aromatic rings. The Morgan fingerprint density at radius 2 is 1.67 bits per heavy atom. The number of carbonyl (C=O) groups excluding carboxylic acids is 3. The van der Waals surface area contributed by atoms with E-state index < -0.39 is 23.7 Å². The SMILES string of the molecule is COC(=O)c1ccc(N2C(=O)C(=O)/C(=C(\O)c3ccccc3)C2c2ccco2)cc1. The Balaban J connectivity index is 1.86. The van der Waals surface area contributed by atoms with E-state index in [1.54, 1.807) is 42.5 Å². The second-order valence-electron chi connectivity index (χ2n) is 6.59.